The van der Waals surface area contributed by atoms with Crippen molar-refractivity contribution in [3.05, 3.63) is 149 Å². The Labute approximate surface area is 294 Å². The highest BCUT2D eigenvalue weighted by atomic mass is 16.5. The molecule has 6 aromatic carbocycles. The van der Waals surface area contributed by atoms with Gasteiger partial charge in [-0.05, 0) is 99.8 Å². The molecule has 1 heterocycles. The topological polar surface area (TPSA) is 36.9 Å². The molecule has 0 N–H and O–H groups in total. The van der Waals surface area contributed by atoms with E-state index in [1.54, 1.807) is 14.2 Å². The molecule has 8 rings (SSSR count). The number of benzene rings is 6. The normalized spacial score (nSPS) is 16.7. The molecule has 4 nitrogen and oxygen atoms in total. The van der Waals surface area contributed by atoms with Crippen LogP contribution >= 0.6 is 0 Å². The Morgan fingerprint density at radius 2 is 1.34 bits per heavy atom. The van der Waals surface area contributed by atoms with Crippen molar-refractivity contribution in [3.63, 3.8) is 0 Å². The molecule has 0 aromatic heterocycles. The molecule has 250 valence electrons. The SMILES string of the molecule is CCCCOc1ccc(C2(c3ccc(OC)cc3)C=Cc3c4c(c5cc(OC)ccc5c3O2)-c2ccc(-c3ccccc3)cc2C4(C)C)cc1. The van der Waals surface area contributed by atoms with Gasteiger partial charge in [0, 0.05) is 27.5 Å². The Balaban J connectivity index is 1.34. The summed E-state index contributed by atoms with van der Waals surface area (Å²) in [6.45, 7) is 7.56. The van der Waals surface area contributed by atoms with E-state index in [-0.39, 0.29) is 5.41 Å². The van der Waals surface area contributed by atoms with Crippen molar-refractivity contribution in [2.75, 3.05) is 20.8 Å². The molecule has 1 aliphatic heterocycles. The Morgan fingerprint density at radius 3 is 2.02 bits per heavy atom. The maximum atomic E-state index is 7.49. The van der Waals surface area contributed by atoms with E-state index in [2.05, 4.69) is 130 Å². The fraction of sp³-hybridized carbons (Fsp3) is 0.217. The molecule has 50 heavy (non-hydrogen) atoms. The number of hydrogen-bond acceptors (Lipinski definition) is 4. The lowest BCUT2D eigenvalue weighted by Crippen LogP contribution is -2.35. The summed E-state index contributed by atoms with van der Waals surface area (Å²) in [5.74, 6) is 3.34. The van der Waals surface area contributed by atoms with Gasteiger partial charge in [-0.15, -0.1) is 0 Å². The van der Waals surface area contributed by atoms with Gasteiger partial charge in [-0.1, -0.05) is 100.0 Å². The zero-order valence-electron chi connectivity index (χ0n) is 29.4. The third kappa shape index (κ3) is 5.05. The summed E-state index contributed by atoms with van der Waals surface area (Å²) in [5.41, 5.74) is 9.48. The van der Waals surface area contributed by atoms with Crippen LogP contribution < -0.4 is 18.9 Å². The van der Waals surface area contributed by atoms with E-state index in [0.717, 1.165) is 63.3 Å². The minimum atomic E-state index is -0.890. The second kappa shape index (κ2) is 12.4. The fourth-order valence-corrected chi connectivity index (χ4v) is 7.85. The van der Waals surface area contributed by atoms with E-state index in [1.165, 1.54) is 33.4 Å². The first-order chi connectivity index (χ1) is 24.4. The summed E-state index contributed by atoms with van der Waals surface area (Å²) < 4.78 is 24.9. The van der Waals surface area contributed by atoms with Gasteiger partial charge >= 0.3 is 0 Å². The summed E-state index contributed by atoms with van der Waals surface area (Å²) in [7, 11) is 3.42. The number of fused-ring (bicyclic) bond motifs is 8. The van der Waals surface area contributed by atoms with Crippen molar-refractivity contribution < 1.29 is 18.9 Å². The molecule has 1 unspecified atom stereocenters. The van der Waals surface area contributed by atoms with Gasteiger partial charge in [-0.25, -0.2) is 0 Å². The third-order valence-corrected chi connectivity index (χ3v) is 10.5. The van der Waals surface area contributed by atoms with Crippen LogP contribution in [0, 0.1) is 0 Å². The molecule has 0 amide bonds. The van der Waals surface area contributed by atoms with Crippen LogP contribution in [0.15, 0.2) is 121 Å². The first-order valence-electron chi connectivity index (χ1n) is 17.5. The fourth-order valence-electron chi connectivity index (χ4n) is 7.85. The van der Waals surface area contributed by atoms with Crippen molar-refractivity contribution in [2.24, 2.45) is 0 Å². The smallest absolute Gasteiger partial charge is 0.178 e. The van der Waals surface area contributed by atoms with Crippen LogP contribution in [0.2, 0.25) is 0 Å². The number of unbranched alkanes of at least 4 members (excludes halogenated alkanes) is 1. The van der Waals surface area contributed by atoms with E-state index in [9.17, 15) is 0 Å². The molecule has 0 bridgehead atoms. The lowest BCUT2D eigenvalue weighted by atomic mass is 9.76. The molecule has 1 atom stereocenters. The van der Waals surface area contributed by atoms with Gasteiger partial charge in [0.15, 0.2) is 5.60 Å². The highest BCUT2D eigenvalue weighted by Crippen LogP contribution is 2.59. The molecular formula is C46H42O4. The summed E-state index contributed by atoms with van der Waals surface area (Å²) in [4.78, 5) is 0. The number of hydrogen-bond donors (Lipinski definition) is 0. The number of rotatable bonds is 9. The zero-order chi connectivity index (χ0) is 34.5. The molecule has 6 aromatic rings. The van der Waals surface area contributed by atoms with Crippen LogP contribution in [-0.2, 0) is 11.0 Å². The van der Waals surface area contributed by atoms with Crippen molar-refractivity contribution in [3.8, 4) is 45.3 Å². The van der Waals surface area contributed by atoms with E-state index < -0.39 is 5.60 Å². The average Bonchev–Trinajstić information content (AvgIpc) is 3.41. The van der Waals surface area contributed by atoms with Crippen molar-refractivity contribution in [2.45, 2.75) is 44.6 Å². The second-order valence-corrected chi connectivity index (χ2v) is 13.8. The first-order valence-corrected chi connectivity index (χ1v) is 17.5. The molecule has 2 aliphatic rings. The lowest BCUT2D eigenvalue weighted by Gasteiger charge is -2.38. The molecule has 0 saturated carbocycles. The molecule has 0 radical (unpaired) electrons. The van der Waals surface area contributed by atoms with Gasteiger partial charge in [0.2, 0.25) is 0 Å². The van der Waals surface area contributed by atoms with Gasteiger partial charge in [-0.2, -0.15) is 0 Å². The maximum Gasteiger partial charge on any atom is 0.178 e. The Morgan fingerprint density at radius 1 is 0.660 bits per heavy atom. The van der Waals surface area contributed by atoms with Gasteiger partial charge < -0.3 is 18.9 Å². The summed E-state index contributed by atoms with van der Waals surface area (Å²) in [5, 5.41) is 2.17. The Kier molecular flexibility index (Phi) is 7.91. The third-order valence-electron chi connectivity index (χ3n) is 10.5. The van der Waals surface area contributed by atoms with Gasteiger partial charge in [-0.3, -0.25) is 0 Å². The standard InChI is InChI=1S/C46H42O4/c1-6-7-27-49-35-20-16-33(17-21-35)46(32-14-18-34(47-4)19-15-32)26-25-39-43-42(40-29-36(48-5)22-24-37(40)44(39)50-46)38-23-13-31(28-41(38)45(43,2)3)30-11-9-8-10-12-30/h8-26,28-29H,6-7,27H2,1-5H3. The maximum absolute atomic E-state index is 7.49. The Bertz CT molecular complexity index is 2230. The Hall–Kier alpha value is -5.48. The van der Waals surface area contributed by atoms with Crippen LogP contribution in [-0.4, -0.2) is 20.8 Å². The molecule has 0 saturated heterocycles. The zero-order valence-corrected chi connectivity index (χ0v) is 29.4. The first kappa shape index (κ1) is 31.8. The molecular weight excluding hydrogens is 617 g/mol. The quantitative estimate of drug-likeness (QED) is 0.145. The molecule has 4 heteroatoms. The van der Waals surface area contributed by atoms with Crippen molar-refractivity contribution >= 4 is 16.8 Å². The van der Waals surface area contributed by atoms with Crippen LogP contribution in [0.5, 0.6) is 23.0 Å². The highest BCUT2D eigenvalue weighted by molar-refractivity contribution is 6.09. The van der Waals surface area contributed by atoms with Gasteiger partial charge in [0.1, 0.15) is 23.0 Å². The predicted octanol–water partition coefficient (Wildman–Crippen LogP) is 11.4. The summed E-state index contributed by atoms with van der Waals surface area (Å²) in [6.07, 6.45) is 6.64. The monoisotopic (exact) mass is 658 g/mol. The minimum Gasteiger partial charge on any atom is -0.497 e. The van der Waals surface area contributed by atoms with Crippen molar-refractivity contribution in [1.82, 2.24) is 0 Å². The average molecular weight is 659 g/mol. The number of methoxy groups -OCH3 is 2. The molecule has 0 fully saturated rings. The van der Waals surface area contributed by atoms with Crippen LogP contribution in [0.4, 0.5) is 0 Å². The van der Waals surface area contributed by atoms with Gasteiger partial charge in [0.25, 0.3) is 0 Å². The molecule has 1 aliphatic carbocycles. The number of ether oxygens (including phenoxy) is 4. The lowest BCUT2D eigenvalue weighted by molar-refractivity contribution is 0.163. The summed E-state index contributed by atoms with van der Waals surface area (Å²) in [6, 6.07) is 40.5. The van der Waals surface area contributed by atoms with E-state index in [1.807, 2.05) is 18.2 Å². The van der Waals surface area contributed by atoms with E-state index >= 15 is 0 Å². The van der Waals surface area contributed by atoms with Crippen LogP contribution in [0.3, 0.4) is 0 Å². The largest absolute Gasteiger partial charge is 0.497 e. The molecule has 0 spiro atoms. The van der Waals surface area contributed by atoms with Crippen LogP contribution in [0.1, 0.15) is 61.4 Å². The van der Waals surface area contributed by atoms with Gasteiger partial charge in [0.05, 0.1) is 20.8 Å². The predicted molar refractivity (Wildman–Crippen MR) is 204 cm³/mol. The second-order valence-electron chi connectivity index (χ2n) is 13.8. The van der Waals surface area contributed by atoms with E-state index in [4.69, 9.17) is 18.9 Å². The van der Waals surface area contributed by atoms with Crippen LogP contribution in [0.25, 0.3) is 39.1 Å². The summed E-state index contributed by atoms with van der Waals surface area (Å²) >= 11 is 0. The minimum absolute atomic E-state index is 0.290. The van der Waals surface area contributed by atoms with E-state index in [0.29, 0.717) is 6.61 Å². The highest BCUT2D eigenvalue weighted by Gasteiger charge is 2.44. The van der Waals surface area contributed by atoms with Crippen molar-refractivity contribution in [1.29, 1.82) is 0 Å².